The Morgan fingerprint density at radius 1 is 1.06 bits per heavy atom. The van der Waals surface area contributed by atoms with Gasteiger partial charge in [-0.1, -0.05) is 42.5 Å². The number of halogens is 1. The zero-order valence-electron chi connectivity index (χ0n) is 19.3. The van der Waals surface area contributed by atoms with Crippen LogP contribution in [0.4, 0.5) is 4.39 Å². The van der Waals surface area contributed by atoms with Crippen molar-refractivity contribution in [3.8, 4) is 17.1 Å². The SMILES string of the molecule is CONC(=O)C(O)C(Cc1ccc(F)cc1)NC(=O)c1cccnc1-n1ccc(-c2ccccc2)n1. The van der Waals surface area contributed by atoms with Gasteiger partial charge in [0.15, 0.2) is 11.9 Å². The van der Waals surface area contributed by atoms with Crippen molar-refractivity contribution in [2.75, 3.05) is 7.11 Å². The zero-order valence-corrected chi connectivity index (χ0v) is 19.3. The van der Waals surface area contributed by atoms with Crippen molar-refractivity contribution in [1.82, 2.24) is 25.6 Å². The Morgan fingerprint density at radius 2 is 1.81 bits per heavy atom. The van der Waals surface area contributed by atoms with Crippen LogP contribution in [0.15, 0.2) is 85.2 Å². The monoisotopic (exact) mass is 489 g/mol. The molecule has 2 amide bonds. The highest BCUT2D eigenvalue weighted by atomic mass is 19.1. The second-order valence-electron chi connectivity index (χ2n) is 7.91. The summed E-state index contributed by atoms with van der Waals surface area (Å²) >= 11 is 0. The number of aliphatic hydroxyl groups excluding tert-OH is 1. The molecule has 2 aromatic heterocycles. The molecule has 4 rings (SSSR count). The van der Waals surface area contributed by atoms with Crippen molar-refractivity contribution in [1.29, 1.82) is 0 Å². The summed E-state index contributed by atoms with van der Waals surface area (Å²) in [5.41, 5.74) is 4.46. The van der Waals surface area contributed by atoms with E-state index in [4.69, 9.17) is 0 Å². The summed E-state index contributed by atoms with van der Waals surface area (Å²) in [5.74, 6) is -1.57. The minimum atomic E-state index is -1.64. The Labute approximate surface area is 206 Å². The third-order valence-electron chi connectivity index (χ3n) is 5.44. The summed E-state index contributed by atoms with van der Waals surface area (Å²) in [6.45, 7) is 0. The van der Waals surface area contributed by atoms with Crippen LogP contribution in [0.25, 0.3) is 17.1 Å². The highest BCUT2D eigenvalue weighted by molar-refractivity contribution is 5.97. The molecule has 0 spiro atoms. The van der Waals surface area contributed by atoms with Crippen LogP contribution in [0, 0.1) is 5.82 Å². The maximum atomic E-state index is 13.3. The number of carbonyl (C=O) groups excluding carboxylic acids is 2. The Bertz CT molecular complexity index is 1330. The van der Waals surface area contributed by atoms with Gasteiger partial charge in [0.05, 0.1) is 24.4 Å². The summed E-state index contributed by atoms with van der Waals surface area (Å²) in [4.78, 5) is 34.5. The largest absolute Gasteiger partial charge is 0.381 e. The third kappa shape index (κ3) is 5.80. The van der Waals surface area contributed by atoms with E-state index in [1.807, 2.05) is 36.4 Å². The van der Waals surface area contributed by atoms with Crippen molar-refractivity contribution >= 4 is 11.8 Å². The molecule has 3 N–H and O–H groups in total. The molecule has 2 atom stereocenters. The Kier molecular flexibility index (Phi) is 7.79. The molecule has 2 heterocycles. The first-order valence-corrected chi connectivity index (χ1v) is 11.1. The van der Waals surface area contributed by atoms with Crippen LogP contribution in [-0.4, -0.2) is 50.9 Å². The lowest BCUT2D eigenvalue weighted by atomic mass is 10.00. The molecule has 9 nitrogen and oxygen atoms in total. The molecule has 2 unspecified atom stereocenters. The number of pyridine rings is 1. The number of hydroxylamine groups is 1. The standard InChI is InChI=1S/C26H24FN5O4/c1-36-31-26(35)23(33)22(16-17-9-11-19(27)12-10-17)29-25(34)20-8-5-14-28-24(20)32-15-13-21(30-32)18-6-3-2-4-7-18/h2-15,22-23,33H,16H2,1H3,(H,29,34)(H,31,35). The number of carbonyl (C=O) groups is 2. The predicted molar refractivity (Wildman–Crippen MR) is 129 cm³/mol. The maximum absolute atomic E-state index is 13.3. The zero-order chi connectivity index (χ0) is 25.5. The van der Waals surface area contributed by atoms with Crippen molar-refractivity contribution in [3.05, 3.63) is 102 Å². The summed E-state index contributed by atoms with van der Waals surface area (Å²) in [5, 5.41) is 17.9. The van der Waals surface area contributed by atoms with E-state index in [0.29, 0.717) is 11.3 Å². The van der Waals surface area contributed by atoms with Crippen LogP contribution in [0.2, 0.25) is 0 Å². The summed E-state index contributed by atoms with van der Waals surface area (Å²) in [7, 11) is 1.23. The third-order valence-corrected chi connectivity index (χ3v) is 5.44. The molecule has 0 radical (unpaired) electrons. The van der Waals surface area contributed by atoms with Gasteiger partial charge in [-0.05, 0) is 42.3 Å². The molecule has 184 valence electrons. The van der Waals surface area contributed by atoms with Gasteiger partial charge in [0.25, 0.3) is 11.8 Å². The topological polar surface area (TPSA) is 118 Å². The molecular weight excluding hydrogens is 465 g/mol. The lowest BCUT2D eigenvalue weighted by molar-refractivity contribution is -0.141. The van der Waals surface area contributed by atoms with Crippen LogP contribution >= 0.6 is 0 Å². The summed E-state index contributed by atoms with van der Waals surface area (Å²) in [6.07, 6.45) is 1.64. The van der Waals surface area contributed by atoms with Gasteiger partial charge < -0.3 is 10.4 Å². The number of aliphatic hydroxyl groups is 1. The molecule has 4 aromatic rings. The molecule has 0 aliphatic heterocycles. The molecule has 10 heteroatoms. The van der Waals surface area contributed by atoms with Crippen LogP contribution < -0.4 is 10.8 Å². The number of hydrogen-bond acceptors (Lipinski definition) is 6. The molecule has 0 saturated carbocycles. The second-order valence-corrected chi connectivity index (χ2v) is 7.91. The van der Waals surface area contributed by atoms with Gasteiger partial charge in [-0.3, -0.25) is 14.4 Å². The van der Waals surface area contributed by atoms with Gasteiger partial charge >= 0.3 is 0 Å². The van der Waals surface area contributed by atoms with E-state index < -0.39 is 29.8 Å². The normalized spacial score (nSPS) is 12.5. The van der Waals surface area contributed by atoms with E-state index in [1.165, 1.54) is 42.3 Å². The Hall–Kier alpha value is -4.41. The number of benzene rings is 2. The highest BCUT2D eigenvalue weighted by Crippen LogP contribution is 2.19. The number of rotatable bonds is 9. The average molecular weight is 490 g/mol. The van der Waals surface area contributed by atoms with Gasteiger partial charge in [0.1, 0.15) is 5.82 Å². The van der Waals surface area contributed by atoms with Gasteiger partial charge in [-0.25, -0.2) is 19.5 Å². The molecule has 0 fully saturated rings. The lowest BCUT2D eigenvalue weighted by Crippen LogP contribution is -2.51. The van der Waals surface area contributed by atoms with Gasteiger partial charge in [0, 0.05) is 18.0 Å². The predicted octanol–water partition coefficient (Wildman–Crippen LogP) is 2.45. The summed E-state index contributed by atoms with van der Waals surface area (Å²) in [6, 6.07) is 19.0. The van der Waals surface area contributed by atoms with Crippen LogP contribution in [0.3, 0.4) is 0 Å². The molecule has 0 aliphatic rings. The van der Waals surface area contributed by atoms with Crippen molar-refractivity contribution in [3.63, 3.8) is 0 Å². The summed E-state index contributed by atoms with van der Waals surface area (Å²) < 4.78 is 14.8. The fourth-order valence-electron chi connectivity index (χ4n) is 3.67. The van der Waals surface area contributed by atoms with Gasteiger partial charge in [-0.15, -0.1) is 0 Å². The number of hydrogen-bond donors (Lipinski definition) is 3. The molecule has 0 aliphatic carbocycles. The Morgan fingerprint density at radius 3 is 2.53 bits per heavy atom. The highest BCUT2D eigenvalue weighted by Gasteiger charge is 2.29. The van der Waals surface area contributed by atoms with E-state index in [2.05, 4.69) is 25.7 Å². The molecular formula is C26H24FN5O4. The fourth-order valence-corrected chi connectivity index (χ4v) is 3.67. The van der Waals surface area contributed by atoms with Crippen LogP contribution in [0.5, 0.6) is 0 Å². The number of nitrogens with one attached hydrogen (secondary N) is 2. The van der Waals surface area contributed by atoms with E-state index >= 15 is 0 Å². The number of amides is 2. The van der Waals surface area contributed by atoms with Crippen molar-refractivity contribution in [2.24, 2.45) is 0 Å². The molecule has 0 saturated heterocycles. The lowest BCUT2D eigenvalue weighted by Gasteiger charge is -2.24. The fraction of sp³-hybridized carbons (Fsp3) is 0.154. The van der Waals surface area contributed by atoms with E-state index in [-0.39, 0.29) is 17.8 Å². The molecule has 2 aromatic carbocycles. The molecule has 36 heavy (non-hydrogen) atoms. The van der Waals surface area contributed by atoms with Gasteiger partial charge in [-0.2, -0.15) is 5.10 Å². The van der Waals surface area contributed by atoms with Gasteiger partial charge in [0.2, 0.25) is 0 Å². The van der Waals surface area contributed by atoms with Crippen molar-refractivity contribution in [2.45, 2.75) is 18.6 Å². The minimum absolute atomic E-state index is 0.0554. The number of aromatic nitrogens is 3. The first-order chi connectivity index (χ1) is 17.5. The minimum Gasteiger partial charge on any atom is -0.381 e. The van der Waals surface area contributed by atoms with E-state index in [0.717, 1.165) is 5.56 Å². The second kappa shape index (κ2) is 11.3. The van der Waals surface area contributed by atoms with Crippen LogP contribution in [-0.2, 0) is 16.1 Å². The van der Waals surface area contributed by atoms with E-state index in [1.54, 1.807) is 18.3 Å². The average Bonchev–Trinajstić information content (AvgIpc) is 3.40. The van der Waals surface area contributed by atoms with E-state index in [9.17, 15) is 19.1 Å². The smallest absolute Gasteiger partial charge is 0.274 e. The maximum Gasteiger partial charge on any atom is 0.274 e. The first-order valence-electron chi connectivity index (χ1n) is 11.1. The van der Waals surface area contributed by atoms with Crippen LogP contribution in [0.1, 0.15) is 15.9 Å². The Balaban J connectivity index is 1.60. The first kappa shape index (κ1) is 24.7. The quantitative estimate of drug-likeness (QED) is 0.311. The number of nitrogens with zero attached hydrogens (tertiary/aromatic N) is 3. The van der Waals surface area contributed by atoms with Crippen molar-refractivity contribution < 1.29 is 23.9 Å². The molecule has 0 bridgehead atoms.